The number of hydrogen-bond donors (Lipinski definition) is 3. The van der Waals surface area contributed by atoms with Crippen LogP contribution in [0, 0.1) is 0 Å². The Bertz CT molecular complexity index is 430. The zero-order chi connectivity index (χ0) is 13.1. The molecule has 0 bridgehead atoms. The zero-order valence-corrected chi connectivity index (χ0v) is 10.6. The summed E-state index contributed by atoms with van der Waals surface area (Å²) in [6, 6.07) is 0. The molecule has 0 aliphatic carbocycles. The predicted molar refractivity (Wildman–Crippen MR) is 61.2 cm³/mol. The van der Waals surface area contributed by atoms with E-state index in [2.05, 4.69) is 26.3 Å². The van der Waals surface area contributed by atoms with Crippen LogP contribution in [0.2, 0.25) is 0 Å². The molecule has 0 aromatic carbocycles. The Labute approximate surface area is 106 Å². The summed E-state index contributed by atoms with van der Waals surface area (Å²) in [5.41, 5.74) is -1.97. The van der Waals surface area contributed by atoms with E-state index in [9.17, 15) is 14.7 Å². The molecule has 0 aliphatic rings. The van der Waals surface area contributed by atoms with Gasteiger partial charge >= 0.3 is 5.97 Å². The molecule has 1 aromatic heterocycles. The first kappa shape index (κ1) is 13.7. The zero-order valence-electron chi connectivity index (χ0n) is 9.05. The van der Waals surface area contributed by atoms with Crippen molar-refractivity contribution in [3.63, 3.8) is 0 Å². The fourth-order valence-corrected chi connectivity index (χ4v) is 1.30. The van der Waals surface area contributed by atoms with E-state index in [-0.39, 0.29) is 13.1 Å². The summed E-state index contributed by atoms with van der Waals surface area (Å²) in [4.78, 5) is 22.0. The number of nitrogens with zero attached hydrogens (tertiary/aromatic N) is 2. The van der Waals surface area contributed by atoms with Gasteiger partial charge in [0.2, 0.25) is 5.91 Å². The number of carbonyl (C=O) groups excluding carboxylic acids is 1. The van der Waals surface area contributed by atoms with Crippen molar-refractivity contribution in [2.45, 2.75) is 19.1 Å². The van der Waals surface area contributed by atoms with Gasteiger partial charge in [-0.05, 0) is 22.9 Å². The topological polar surface area (TPSA) is 104 Å². The molecule has 7 nitrogen and oxygen atoms in total. The van der Waals surface area contributed by atoms with E-state index >= 15 is 0 Å². The van der Waals surface area contributed by atoms with Gasteiger partial charge in [0, 0.05) is 6.20 Å². The summed E-state index contributed by atoms with van der Waals surface area (Å²) in [5.74, 6) is -1.82. The van der Waals surface area contributed by atoms with Gasteiger partial charge in [0.25, 0.3) is 0 Å². The SMILES string of the molecule is CC(O)(CNC(=O)Cn1cc(Br)cn1)C(=O)O. The van der Waals surface area contributed by atoms with Crippen LogP contribution in [0.4, 0.5) is 0 Å². The minimum atomic E-state index is -1.97. The molecule has 1 aromatic rings. The quantitative estimate of drug-likeness (QED) is 0.686. The van der Waals surface area contributed by atoms with Gasteiger partial charge in [0.1, 0.15) is 6.54 Å². The average Bonchev–Trinajstić information content (AvgIpc) is 2.61. The summed E-state index contributed by atoms with van der Waals surface area (Å²) in [6.07, 6.45) is 3.13. The number of carbonyl (C=O) groups is 2. The Balaban J connectivity index is 2.43. The minimum Gasteiger partial charge on any atom is -0.479 e. The molecule has 1 unspecified atom stereocenters. The van der Waals surface area contributed by atoms with Crippen molar-refractivity contribution in [1.82, 2.24) is 15.1 Å². The number of aromatic nitrogens is 2. The number of halogens is 1. The van der Waals surface area contributed by atoms with Gasteiger partial charge in [-0.3, -0.25) is 9.48 Å². The van der Waals surface area contributed by atoms with Crippen LogP contribution in [0.1, 0.15) is 6.92 Å². The monoisotopic (exact) mass is 305 g/mol. The highest BCUT2D eigenvalue weighted by Crippen LogP contribution is 2.06. The molecule has 8 heteroatoms. The van der Waals surface area contributed by atoms with Crippen LogP contribution >= 0.6 is 15.9 Å². The molecule has 1 atom stereocenters. The van der Waals surface area contributed by atoms with Crippen molar-refractivity contribution in [2.75, 3.05) is 6.54 Å². The second-order valence-electron chi connectivity index (χ2n) is 3.71. The normalized spacial score (nSPS) is 14.1. The Morgan fingerprint density at radius 2 is 2.29 bits per heavy atom. The molecule has 1 heterocycles. The molecule has 3 N–H and O–H groups in total. The maximum absolute atomic E-state index is 11.4. The van der Waals surface area contributed by atoms with Gasteiger partial charge in [-0.25, -0.2) is 4.79 Å². The lowest BCUT2D eigenvalue weighted by Crippen LogP contribution is -2.47. The lowest BCUT2D eigenvalue weighted by molar-refractivity contribution is -0.156. The third-order valence-corrected chi connectivity index (χ3v) is 2.41. The molecule has 0 saturated heterocycles. The molecule has 0 radical (unpaired) electrons. The van der Waals surface area contributed by atoms with Crippen LogP contribution in [0.3, 0.4) is 0 Å². The van der Waals surface area contributed by atoms with Gasteiger partial charge in [-0.2, -0.15) is 5.10 Å². The molecular weight excluding hydrogens is 294 g/mol. The highest BCUT2D eigenvalue weighted by atomic mass is 79.9. The summed E-state index contributed by atoms with van der Waals surface area (Å²) >= 11 is 3.18. The van der Waals surface area contributed by atoms with E-state index in [4.69, 9.17) is 5.11 Å². The average molecular weight is 306 g/mol. The Kier molecular flexibility index (Phi) is 4.24. The van der Waals surface area contributed by atoms with Crippen molar-refractivity contribution >= 4 is 27.8 Å². The third kappa shape index (κ3) is 4.16. The van der Waals surface area contributed by atoms with Gasteiger partial charge < -0.3 is 15.5 Å². The molecule has 17 heavy (non-hydrogen) atoms. The van der Waals surface area contributed by atoms with Crippen LogP contribution in [-0.4, -0.2) is 44.0 Å². The van der Waals surface area contributed by atoms with Crippen molar-refractivity contribution in [1.29, 1.82) is 0 Å². The van der Waals surface area contributed by atoms with E-state index in [0.717, 1.165) is 11.4 Å². The molecular formula is C9H12BrN3O4. The third-order valence-electron chi connectivity index (χ3n) is 2.00. The molecule has 0 aliphatic heterocycles. The van der Waals surface area contributed by atoms with Crippen LogP contribution < -0.4 is 5.32 Å². The van der Waals surface area contributed by atoms with Gasteiger partial charge in [-0.15, -0.1) is 0 Å². The molecule has 1 amide bonds. The largest absolute Gasteiger partial charge is 0.479 e. The first-order chi connectivity index (χ1) is 7.81. The van der Waals surface area contributed by atoms with Crippen LogP contribution in [0.15, 0.2) is 16.9 Å². The number of amides is 1. The summed E-state index contributed by atoms with van der Waals surface area (Å²) < 4.78 is 2.12. The number of carboxylic acid groups (broad SMARTS) is 1. The van der Waals surface area contributed by atoms with Crippen LogP contribution in [0.25, 0.3) is 0 Å². The fraction of sp³-hybridized carbons (Fsp3) is 0.444. The summed E-state index contributed by atoms with van der Waals surface area (Å²) in [7, 11) is 0. The second-order valence-corrected chi connectivity index (χ2v) is 4.63. The number of aliphatic hydroxyl groups is 1. The van der Waals surface area contributed by atoms with Gasteiger partial charge in [0.05, 0.1) is 17.2 Å². The first-order valence-electron chi connectivity index (χ1n) is 4.72. The smallest absolute Gasteiger partial charge is 0.337 e. The van der Waals surface area contributed by atoms with E-state index in [1.165, 1.54) is 10.9 Å². The van der Waals surface area contributed by atoms with Gasteiger partial charge in [0.15, 0.2) is 5.60 Å². The Morgan fingerprint density at radius 3 is 2.76 bits per heavy atom. The number of carboxylic acids is 1. The number of aliphatic carboxylic acids is 1. The highest BCUT2D eigenvalue weighted by molar-refractivity contribution is 9.10. The molecule has 0 spiro atoms. The standard InChI is InChI=1S/C9H12BrN3O4/c1-9(17,8(15)16)5-11-7(14)4-13-3-6(10)2-12-13/h2-3,17H,4-5H2,1H3,(H,11,14)(H,15,16). The lowest BCUT2D eigenvalue weighted by Gasteiger charge is -2.18. The van der Waals surface area contributed by atoms with Crippen LogP contribution in [0.5, 0.6) is 0 Å². The molecule has 94 valence electrons. The van der Waals surface area contributed by atoms with Crippen molar-refractivity contribution < 1.29 is 19.8 Å². The number of rotatable bonds is 5. The first-order valence-corrected chi connectivity index (χ1v) is 5.51. The number of nitrogens with one attached hydrogen (secondary N) is 1. The second kappa shape index (κ2) is 5.28. The lowest BCUT2D eigenvalue weighted by atomic mass is 10.1. The summed E-state index contributed by atoms with van der Waals surface area (Å²) in [6.45, 7) is 0.713. The van der Waals surface area contributed by atoms with E-state index in [1.54, 1.807) is 6.20 Å². The number of hydrogen-bond acceptors (Lipinski definition) is 4. The highest BCUT2D eigenvalue weighted by Gasteiger charge is 2.30. The molecule has 0 saturated carbocycles. The van der Waals surface area contributed by atoms with E-state index in [0.29, 0.717) is 0 Å². The van der Waals surface area contributed by atoms with Crippen LogP contribution in [-0.2, 0) is 16.1 Å². The summed E-state index contributed by atoms with van der Waals surface area (Å²) in [5, 5.41) is 24.2. The van der Waals surface area contributed by atoms with E-state index < -0.39 is 17.5 Å². The predicted octanol–water partition coefficient (Wildman–Crippen LogP) is -0.403. The Hall–Kier alpha value is -1.41. The molecule has 1 rings (SSSR count). The van der Waals surface area contributed by atoms with Gasteiger partial charge in [-0.1, -0.05) is 0 Å². The maximum atomic E-state index is 11.4. The Morgan fingerprint density at radius 1 is 1.65 bits per heavy atom. The molecule has 0 fully saturated rings. The maximum Gasteiger partial charge on any atom is 0.337 e. The van der Waals surface area contributed by atoms with Crippen molar-refractivity contribution in [3.05, 3.63) is 16.9 Å². The van der Waals surface area contributed by atoms with E-state index in [1.807, 2.05) is 0 Å². The van der Waals surface area contributed by atoms with Crippen molar-refractivity contribution in [2.24, 2.45) is 0 Å². The minimum absolute atomic E-state index is 0.0404. The van der Waals surface area contributed by atoms with Crippen molar-refractivity contribution in [3.8, 4) is 0 Å². The fourth-order valence-electron chi connectivity index (χ4n) is 0.974.